The van der Waals surface area contributed by atoms with E-state index in [2.05, 4.69) is 0 Å². The Kier molecular flexibility index (Phi) is 3.53. The standard InChI is InChI=1S/C10H21NO3/c1-7(12)10(2,3)6-11-4-8(13)9(14)5-11/h7-9,12-14H,4-6H2,1-3H3. The van der Waals surface area contributed by atoms with Crippen LogP contribution in [0.2, 0.25) is 0 Å². The molecule has 4 nitrogen and oxygen atoms in total. The summed E-state index contributed by atoms with van der Waals surface area (Å²) in [6, 6.07) is 0. The number of hydrogen-bond acceptors (Lipinski definition) is 4. The molecule has 1 heterocycles. The van der Waals surface area contributed by atoms with E-state index >= 15 is 0 Å². The highest BCUT2D eigenvalue weighted by Gasteiger charge is 2.34. The Morgan fingerprint density at radius 3 is 2.07 bits per heavy atom. The minimum atomic E-state index is -0.639. The molecule has 3 atom stereocenters. The molecule has 1 fully saturated rings. The summed E-state index contributed by atoms with van der Waals surface area (Å²) in [5.74, 6) is 0. The van der Waals surface area contributed by atoms with Gasteiger partial charge in [0.15, 0.2) is 0 Å². The van der Waals surface area contributed by atoms with Gasteiger partial charge in [-0.3, -0.25) is 4.90 Å². The van der Waals surface area contributed by atoms with Gasteiger partial charge in [-0.15, -0.1) is 0 Å². The second kappa shape index (κ2) is 4.14. The SMILES string of the molecule is CC(O)C(C)(C)CN1CC(O)C(O)C1. The first-order valence-electron chi connectivity index (χ1n) is 5.09. The molecule has 14 heavy (non-hydrogen) atoms. The van der Waals surface area contributed by atoms with Gasteiger partial charge >= 0.3 is 0 Å². The van der Waals surface area contributed by atoms with Crippen LogP contribution in [-0.4, -0.2) is 58.2 Å². The van der Waals surface area contributed by atoms with Crippen molar-refractivity contribution in [3.63, 3.8) is 0 Å². The number of hydrogen-bond donors (Lipinski definition) is 3. The third-order valence-electron chi connectivity index (χ3n) is 3.10. The van der Waals surface area contributed by atoms with Crippen molar-refractivity contribution in [1.29, 1.82) is 0 Å². The molecular weight excluding hydrogens is 182 g/mol. The molecule has 0 bridgehead atoms. The van der Waals surface area contributed by atoms with Crippen LogP contribution in [0.25, 0.3) is 0 Å². The van der Waals surface area contributed by atoms with Gasteiger partial charge in [0.2, 0.25) is 0 Å². The van der Waals surface area contributed by atoms with E-state index in [4.69, 9.17) is 0 Å². The van der Waals surface area contributed by atoms with Crippen LogP contribution in [0, 0.1) is 5.41 Å². The van der Waals surface area contributed by atoms with Crippen LogP contribution < -0.4 is 0 Å². The molecule has 0 aliphatic carbocycles. The minimum Gasteiger partial charge on any atom is -0.393 e. The number of aliphatic hydroxyl groups excluding tert-OH is 3. The summed E-state index contributed by atoms with van der Waals surface area (Å²) < 4.78 is 0. The monoisotopic (exact) mass is 203 g/mol. The van der Waals surface area contributed by atoms with E-state index in [1.54, 1.807) is 6.92 Å². The van der Waals surface area contributed by atoms with Crippen LogP contribution in [0.4, 0.5) is 0 Å². The van der Waals surface area contributed by atoms with Gasteiger partial charge in [0, 0.05) is 25.0 Å². The van der Waals surface area contributed by atoms with Crippen molar-refractivity contribution in [3.05, 3.63) is 0 Å². The number of rotatable bonds is 3. The number of likely N-dealkylation sites (tertiary alicyclic amines) is 1. The predicted octanol–water partition coefficient (Wildman–Crippen LogP) is -0.569. The Hall–Kier alpha value is -0.160. The Labute approximate surface area is 85.2 Å². The Balaban J connectivity index is 2.46. The first-order chi connectivity index (χ1) is 6.33. The van der Waals surface area contributed by atoms with Crippen LogP contribution in [-0.2, 0) is 0 Å². The van der Waals surface area contributed by atoms with Crippen LogP contribution in [0.5, 0.6) is 0 Å². The van der Waals surface area contributed by atoms with Crippen molar-refractivity contribution in [1.82, 2.24) is 4.90 Å². The average molecular weight is 203 g/mol. The highest BCUT2D eigenvalue weighted by atomic mass is 16.3. The van der Waals surface area contributed by atoms with Gasteiger partial charge in [-0.05, 0) is 6.92 Å². The zero-order valence-electron chi connectivity index (χ0n) is 9.14. The van der Waals surface area contributed by atoms with Crippen LogP contribution in [0.15, 0.2) is 0 Å². The molecule has 0 spiro atoms. The Morgan fingerprint density at radius 1 is 1.29 bits per heavy atom. The lowest BCUT2D eigenvalue weighted by atomic mass is 9.87. The summed E-state index contributed by atoms with van der Waals surface area (Å²) in [6.45, 7) is 7.42. The van der Waals surface area contributed by atoms with E-state index in [-0.39, 0.29) is 5.41 Å². The molecule has 0 aromatic carbocycles. The van der Waals surface area contributed by atoms with Gasteiger partial charge in [-0.1, -0.05) is 13.8 Å². The maximum atomic E-state index is 9.52. The number of nitrogens with zero attached hydrogens (tertiary/aromatic N) is 1. The summed E-state index contributed by atoms with van der Waals surface area (Å²) in [4.78, 5) is 1.99. The summed E-state index contributed by atoms with van der Waals surface area (Å²) in [5, 5.41) is 28.2. The lowest BCUT2D eigenvalue weighted by Gasteiger charge is -2.32. The van der Waals surface area contributed by atoms with E-state index in [9.17, 15) is 15.3 Å². The summed E-state index contributed by atoms with van der Waals surface area (Å²) in [5.41, 5.74) is -0.205. The maximum Gasteiger partial charge on any atom is 0.0938 e. The molecule has 1 saturated heterocycles. The lowest BCUT2D eigenvalue weighted by Crippen LogP contribution is -2.39. The molecular formula is C10H21NO3. The van der Waals surface area contributed by atoms with Gasteiger partial charge in [-0.25, -0.2) is 0 Å². The topological polar surface area (TPSA) is 63.9 Å². The van der Waals surface area contributed by atoms with Crippen molar-refractivity contribution in [2.45, 2.75) is 39.1 Å². The molecule has 84 valence electrons. The fraction of sp³-hybridized carbons (Fsp3) is 1.00. The smallest absolute Gasteiger partial charge is 0.0938 e. The van der Waals surface area contributed by atoms with E-state index < -0.39 is 18.3 Å². The molecule has 3 unspecified atom stereocenters. The predicted molar refractivity (Wildman–Crippen MR) is 53.9 cm³/mol. The number of aliphatic hydroxyl groups is 3. The molecule has 3 N–H and O–H groups in total. The highest BCUT2D eigenvalue weighted by Crippen LogP contribution is 2.24. The van der Waals surface area contributed by atoms with Gasteiger partial charge in [0.1, 0.15) is 0 Å². The second-order valence-corrected chi connectivity index (χ2v) is 4.99. The molecule has 1 aliphatic heterocycles. The average Bonchev–Trinajstić information content (AvgIpc) is 2.29. The molecule has 1 aliphatic rings. The van der Waals surface area contributed by atoms with E-state index in [0.717, 1.165) is 0 Å². The summed E-state index contributed by atoms with van der Waals surface area (Å²) in [6.07, 6.45) is -1.67. The van der Waals surface area contributed by atoms with Gasteiger partial charge in [-0.2, -0.15) is 0 Å². The Bertz CT molecular complexity index is 184. The quantitative estimate of drug-likeness (QED) is 0.575. The van der Waals surface area contributed by atoms with Crippen LogP contribution in [0.1, 0.15) is 20.8 Å². The lowest BCUT2D eigenvalue weighted by molar-refractivity contribution is 0.0368. The van der Waals surface area contributed by atoms with E-state index in [1.807, 2.05) is 18.7 Å². The normalized spacial score (nSPS) is 32.1. The summed E-state index contributed by atoms with van der Waals surface area (Å²) >= 11 is 0. The molecule has 0 saturated carbocycles. The summed E-state index contributed by atoms with van der Waals surface area (Å²) in [7, 11) is 0. The third kappa shape index (κ3) is 2.67. The maximum absolute atomic E-state index is 9.52. The zero-order valence-corrected chi connectivity index (χ0v) is 9.14. The molecule has 1 rings (SSSR count). The fourth-order valence-electron chi connectivity index (χ4n) is 1.68. The second-order valence-electron chi connectivity index (χ2n) is 4.99. The van der Waals surface area contributed by atoms with E-state index in [1.165, 1.54) is 0 Å². The zero-order chi connectivity index (χ0) is 10.9. The highest BCUT2D eigenvalue weighted by molar-refractivity contribution is 4.87. The van der Waals surface area contributed by atoms with Crippen molar-refractivity contribution >= 4 is 0 Å². The van der Waals surface area contributed by atoms with Crippen LogP contribution >= 0.6 is 0 Å². The largest absolute Gasteiger partial charge is 0.393 e. The van der Waals surface area contributed by atoms with Crippen molar-refractivity contribution in [3.8, 4) is 0 Å². The van der Waals surface area contributed by atoms with E-state index in [0.29, 0.717) is 19.6 Å². The first kappa shape index (κ1) is 11.9. The van der Waals surface area contributed by atoms with Gasteiger partial charge < -0.3 is 15.3 Å². The fourth-order valence-corrected chi connectivity index (χ4v) is 1.68. The first-order valence-corrected chi connectivity index (χ1v) is 5.09. The molecule has 4 heteroatoms. The minimum absolute atomic E-state index is 0.205. The molecule has 0 aromatic heterocycles. The molecule has 0 aromatic rings. The third-order valence-corrected chi connectivity index (χ3v) is 3.10. The van der Waals surface area contributed by atoms with Gasteiger partial charge in [0.05, 0.1) is 18.3 Å². The van der Waals surface area contributed by atoms with Crippen molar-refractivity contribution in [2.24, 2.45) is 5.41 Å². The molecule has 0 radical (unpaired) electrons. The Morgan fingerprint density at radius 2 is 1.71 bits per heavy atom. The van der Waals surface area contributed by atoms with Crippen molar-refractivity contribution < 1.29 is 15.3 Å². The van der Waals surface area contributed by atoms with Crippen molar-refractivity contribution in [2.75, 3.05) is 19.6 Å². The number of β-amino-alcohol motifs (C(OH)–C–C–N with tert-alkyl or cyclic N) is 2. The molecule has 0 amide bonds. The van der Waals surface area contributed by atoms with Crippen LogP contribution in [0.3, 0.4) is 0 Å². The van der Waals surface area contributed by atoms with Gasteiger partial charge in [0.25, 0.3) is 0 Å².